The zero-order valence-electron chi connectivity index (χ0n) is 11.2. The molecule has 2 aromatic rings. The SMILES string of the molecule is CC(C)(NS(=O)(=O)c1cc(N)c(F)cc1Cl)c1nccs1. The Morgan fingerprint density at radius 3 is 2.67 bits per heavy atom. The number of aromatic nitrogens is 1. The highest BCUT2D eigenvalue weighted by molar-refractivity contribution is 7.89. The molecule has 5 nitrogen and oxygen atoms in total. The van der Waals surface area contributed by atoms with Crippen LogP contribution in [0.25, 0.3) is 0 Å². The van der Waals surface area contributed by atoms with E-state index in [9.17, 15) is 12.8 Å². The molecule has 0 fully saturated rings. The molecule has 0 radical (unpaired) electrons. The van der Waals surface area contributed by atoms with Crippen molar-refractivity contribution in [3.8, 4) is 0 Å². The Morgan fingerprint density at radius 2 is 2.10 bits per heavy atom. The van der Waals surface area contributed by atoms with Gasteiger partial charge < -0.3 is 5.73 Å². The maximum Gasteiger partial charge on any atom is 0.243 e. The molecule has 0 aliphatic carbocycles. The lowest BCUT2D eigenvalue weighted by atomic mass is 10.1. The lowest BCUT2D eigenvalue weighted by Crippen LogP contribution is -2.41. The number of thiazole rings is 1. The van der Waals surface area contributed by atoms with E-state index in [1.54, 1.807) is 25.4 Å². The molecule has 114 valence electrons. The quantitative estimate of drug-likeness (QED) is 0.831. The number of sulfonamides is 1. The Labute approximate surface area is 131 Å². The van der Waals surface area contributed by atoms with Crippen LogP contribution in [-0.4, -0.2) is 13.4 Å². The van der Waals surface area contributed by atoms with Gasteiger partial charge in [-0.15, -0.1) is 11.3 Å². The van der Waals surface area contributed by atoms with Crippen molar-refractivity contribution in [3.05, 3.63) is 39.6 Å². The minimum absolute atomic E-state index is 0.232. The van der Waals surface area contributed by atoms with Crippen LogP contribution < -0.4 is 10.5 Å². The molecule has 1 aromatic heterocycles. The van der Waals surface area contributed by atoms with Crippen molar-refractivity contribution in [2.45, 2.75) is 24.3 Å². The Kier molecular flexibility index (Phi) is 4.25. The molecule has 1 aromatic carbocycles. The number of halogens is 2. The number of nitrogens with zero attached hydrogens (tertiary/aromatic N) is 1. The number of hydrogen-bond donors (Lipinski definition) is 2. The van der Waals surface area contributed by atoms with Crippen LogP contribution in [0.5, 0.6) is 0 Å². The van der Waals surface area contributed by atoms with E-state index in [0.717, 1.165) is 12.1 Å². The van der Waals surface area contributed by atoms with Gasteiger partial charge in [-0.05, 0) is 26.0 Å². The van der Waals surface area contributed by atoms with Gasteiger partial charge in [-0.25, -0.2) is 17.8 Å². The molecule has 0 saturated carbocycles. The molecule has 9 heteroatoms. The first-order valence-corrected chi connectivity index (χ1v) is 8.56. The van der Waals surface area contributed by atoms with Crippen LogP contribution in [0.2, 0.25) is 5.02 Å². The standard InChI is InChI=1S/C12H13ClFN3O2S2/c1-12(2,11-16-3-4-20-11)17-21(18,19)10-6-9(15)8(14)5-7(10)13/h3-6,17H,15H2,1-2H3. The second kappa shape index (κ2) is 5.53. The van der Waals surface area contributed by atoms with Gasteiger partial charge in [0.05, 0.1) is 16.2 Å². The van der Waals surface area contributed by atoms with Crippen molar-refractivity contribution >= 4 is 38.6 Å². The van der Waals surface area contributed by atoms with Crippen LogP contribution in [0.4, 0.5) is 10.1 Å². The minimum Gasteiger partial charge on any atom is -0.396 e. The van der Waals surface area contributed by atoms with E-state index in [4.69, 9.17) is 17.3 Å². The molecular weight excluding hydrogens is 337 g/mol. The predicted molar refractivity (Wildman–Crippen MR) is 81.3 cm³/mol. The van der Waals surface area contributed by atoms with Crippen LogP contribution in [0.15, 0.2) is 28.6 Å². The highest BCUT2D eigenvalue weighted by atomic mass is 35.5. The summed E-state index contributed by atoms with van der Waals surface area (Å²) in [6.07, 6.45) is 1.58. The van der Waals surface area contributed by atoms with Crippen molar-refractivity contribution < 1.29 is 12.8 Å². The van der Waals surface area contributed by atoms with Crippen LogP contribution in [-0.2, 0) is 15.6 Å². The normalized spacial score (nSPS) is 12.6. The summed E-state index contributed by atoms with van der Waals surface area (Å²) in [6, 6.07) is 1.87. The molecule has 0 saturated heterocycles. The number of benzene rings is 1. The molecule has 0 amide bonds. The zero-order chi connectivity index (χ0) is 15.8. The second-order valence-corrected chi connectivity index (χ2v) is 7.82. The summed E-state index contributed by atoms with van der Waals surface area (Å²) >= 11 is 7.13. The monoisotopic (exact) mass is 349 g/mol. The van der Waals surface area contributed by atoms with E-state index >= 15 is 0 Å². The first kappa shape index (κ1) is 16.2. The van der Waals surface area contributed by atoms with E-state index in [1.807, 2.05) is 0 Å². The summed E-state index contributed by atoms with van der Waals surface area (Å²) < 4.78 is 40.6. The first-order chi connectivity index (χ1) is 9.63. The molecule has 1 heterocycles. The number of rotatable bonds is 4. The Hall–Kier alpha value is -1.22. The predicted octanol–water partition coefficient (Wildman–Crippen LogP) is 2.73. The van der Waals surface area contributed by atoms with Crippen LogP contribution in [0, 0.1) is 5.82 Å². The summed E-state index contributed by atoms with van der Waals surface area (Å²) in [5, 5.41) is 2.11. The third kappa shape index (κ3) is 3.34. The van der Waals surface area contributed by atoms with Gasteiger partial charge in [0, 0.05) is 11.6 Å². The fourth-order valence-corrected chi connectivity index (χ4v) is 4.43. The molecule has 0 unspecified atom stereocenters. The van der Waals surface area contributed by atoms with Crippen molar-refractivity contribution in [1.29, 1.82) is 0 Å². The summed E-state index contributed by atoms with van der Waals surface area (Å²) in [5.74, 6) is -0.766. The van der Waals surface area contributed by atoms with Gasteiger partial charge in [0.1, 0.15) is 15.7 Å². The number of hydrogen-bond acceptors (Lipinski definition) is 5. The third-order valence-electron chi connectivity index (χ3n) is 2.70. The molecule has 0 bridgehead atoms. The number of nitrogen functional groups attached to an aromatic ring is 1. The molecular formula is C12H13ClFN3O2S2. The topological polar surface area (TPSA) is 85.1 Å². The first-order valence-electron chi connectivity index (χ1n) is 5.82. The molecule has 0 aliphatic heterocycles. The maximum absolute atomic E-state index is 13.3. The maximum atomic E-state index is 13.3. The number of nitrogens with two attached hydrogens (primary N) is 1. The van der Waals surface area contributed by atoms with E-state index in [0.29, 0.717) is 5.01 Å². The van der Waals surface area contributed by atoms with Crippen molar-refractivity contribution in [3.63, 3.8) is 0 Å². The van der Waals surface area contributed by atoms with Crippen molar-refractivity contribution in [2.75, 3.05) is 5.73 Å². The van der Waals surface area contributed by atoms with Crippen molar-refractivity contribution in [2.24, 2.45) is 0 Å². The highest BCUT2D eigenvalue weighted by Crippen LogP contribution is 2.29. The lowest BCUT2D eigenvalue weighted by Gasteiger charge is -2.24. The van der Waals surface area contributed by atoms with Gasteiger partial charge in [-0.1, -0.05) is 11.6 Å². The largest absolute Gasteiger partial charge is 0.396 e. The van der Waals surface area contributed by atoms with Gasteiger partial charge in [-0.3, -0.25) is 0 Å². The zero-order valence-corrected chi connectivity index (χ0v) is 13.6. The lowest BCUT2D eigenvalue weighted by molar-refractivity contribution is 0.470. The molecule has 21 heavy (non-hydrogen) atoms. The number of nitrogens with one attached hydrogen (secondary N) is 1. The third-order valence-corrected chi connectivity index (χ3v) is 5.91. The summed E-state index contributed by atoms with van der Waals surface area (Å²) in [6.45, 7) is 3.34. The van der Waals surface area contributed by atoms with E-state index < -0.39 is 21.4 Å². The Balaban J connectivity index is 2.42. The molecule has 0 spiro atoms. The summed E-state index contributed by atoms with van der Waals surface area (Å²) in [7, 11) is -3.98. The fraction of sp³-hybridized carbons (Fsp3) is 0.250. The van der Waals surface area contributed by atoms with Gasteiger partial charge in [0.2, 0.25) is 10.0 Å². The smallest absolute Gasteiger partial charge is 0.243 e. The van der Waals surface area contributed by atoms with Gasteiger partial charge in [0.25, 0.3) is 0 Å². The van der Waals surface area contributed by atoms with E-state index in [2.05, 4.69) is 9.71 Å². The van der Waals surface area contributed by atoms with Gasteiger partial charge in [-0.2, -0.15) is 4.72 Å². The van der Waals surface area contributed by atoms with Gasteiger partial charge in [0.15, 0.2) is 0 Å². The molecule has 3 N–H and O–H groups in total. The summed E-state index contributed by atoms with van der Waals surface area (Å²) in [5.41, 5.74) is 4.19. The van der Waals surface area contributed by atoms with Crippen LogP contribution in [0.1, 0.15) is 18.9 Å². The minimum atomic E-state index is -3.98. The van der Waals surface area contributed by atoms with Crippen molar-refractivity contribution in [1.82, 2.24) is 9.71 Å². The van der Waals surface area contributed by atoms with Gasteiger partial charge >= 0.3 is 0 Å². The Morgan fingerprint density at radius 1 is 1.43 bits per heavy atom. The molecule has 0 atom stereocenters. The average Bonchev–Trinajstić information content (AvgIpc) is 2.86. The second-order valence-electron chi connectivity index (χ2n) is 4.87. The average molecular weight is 350 g/mol. The van der Waals surface area contributed by atoms with E-state index in [1.165, 1.54) is 11.3 Å². The highest BCUT2D eigenvalue weighted by Gasteiger charge is 2.31. The summed E-state index contributed by atoms with van der Waals surface area (Å²) in [4.78, 5) is 3.82. The van der Waals surface area contributed by atoms with Crippen LogP contribution in [0.3, 0.4) is 0 Å². The molecule has 0 aliphatic rings. The van der Waals surface area contributed by atoms with E-state index in [-0.39, 0.29) is 15.6 Å². The number of anilines is 1. The Bertz CT molecular complexity index is 761. The molecule has 2 rings (SSSR count). The van der Waals surface area contributed by atoms with Crippen LogP contribution >= 0.6 is 22.9 Å². The fourth-order valence-electron chi connectivity index (χ4n) is 1.72.